The summed E-state index contributed by atoms with van der Waals surface area (Å²) in [5.74, 6) is 0.843. The first-order valence-corrected chi connectivity index (χ1v) is 8.11. The van der Waals surface area contributed by atoms with Crippen molar-refractivity contribution in [2.45, 2.75) is 19.5 Å². The molecule has 2 rings (SSSR count). The van der Waals surface area contributed by atoms with Crippen LogP contribution >= 0.6 is 0 Å². The average molecular weight is 325 g/mol. The van der Waals surface area contributed by atoms with E-state index >= 15 is 0 Å². The number of quaternary nitrogens is 1. The summed E-state index contributed by atoms with van der Waals surface area (Å²) in [6.45, 7) is 6.84. The number of benzene rings is 2. The minimum absolute atomic E-state index is 0.0182. The molecule has 0 spiro atoms. The van der Waals surface area contributed by atoms with E-state index in [-0.39, 0.29) is 11.9 Å². The molecule has 24 heavy (non-hydrogen) atoms. The van der Waals surface area contributed by atoms with Gasteiger partial charge in [-0.2, -0.15) is 0 Å². The third kappa shape index (κ3) is 5.25. The summed E-state index contributed by atoms with van der Waals surface area (Å²) in [5.41, 5.74) is 1.99. The van der Waals surface area contributed by atoms with Gasteiger partial charge in [0.2, 0.25) is 0 Å². The lowest BCUT2D eigenvalue weighted by Gasteiger charge is -2.21. The zero-order chi connectivity index (χ0) is 17.4. The van der Waals surface area contributed by atoms with E-state index in [1.165, 1.54) is 0 Å². The van der Waals surface area contributed by atoms with E-state index in [9.17, 15) is 4.79 Å². The quantitative estimate of drug-likeness (QED) is 0.731. The lowest BCUT2D eigenvalue weighted by molar-refractivity contribution is -0.907. The molecule has 2 N–H and O–H groups in total. The first-order valence-electron chi connectivity index (χ1n) is 8.11. The van der Waals surface area contributed by atoms with Crippen LogP contribution in [0.4, 0.5) is 5.69 Å². The molecule has 0 bridgehead atoms. The Morgan fingerprint density at radius 2 is 1.88 bits per heavy atom. The average Bonchev–Trinajstić information content (AvgIpc) is 2.61. The van der Waals surface area contributed by atoms with Crippen molar-refractivity contribution in [3.8, 4) is 5.75 Å². The maximum Gasteiger partial charge on any atom is 0.282 e. The highest BCUT2D eigenvalue weighted by Crippen LogP contribution is 2.11. The van der Waals surface area contributed by atoms with E-state index in [1.54, 1.807) is 6.08 Å². The first kappa shape index (κ1) is 17.8. The van der Waals surface area contributed by atoms with Gasteiger partial charge in [0, 0.05) is 11.3 Å². The van der Waals surface area contributed by atoms with Gasteiger partial charge in [0.15, 0.2) is 6.04 Å². The summed E-state index contributed by atoms with van der Waals surface area (Å²) >= 11 is 0. The van der Waals surface area contributed by atoms with Crippen LogP contribution in [0.2, 0.25) is 0 Å². The zero-order valence-electron chi connectivity index (χ0n) is 14.3. The molecule has 0 fully saturated rings. The maximum absolute atomic E-state index is 12.4. The lowest BCUT2D eigenvalue weighted by atomic mass is 10.1. The molecule has 0 saturated carbocycles. The van der Waals surface area contributed by atoms with E-state index in [2.05, 4.69) is 11.9 Å². The standard InChI is InChI=1S/C20H24N2O2/c1-4-14-24-19-12-10-17(11-13-19)15-22(3)16(2)20(23)21-18-8-6-5-7-9-18/h4-13,16H,1,14-15H2,2-3H3,(H,21,23)/p+1/t16-/m0/s1. The van der Waals surface area contributed by atoms with Crippen molar-refractivity contribution in [1.29, 1.82) is 0 Å². The molecule has 1 amide bonds. The Hall–Kier alpha value is -2.59. The van der Waals surface area contributed by atoms with Crippen LogP contribution in [0.25, 0.3) is 0 Å². The molecule has 126 valence electrons. The largest absolute Gasteiger partial charge is 0.490 e. The highest BCUT2D eigenvalue weighted by atomic mass is 16.5. The lowest BCUT2D eigenvalue weighted by Crippen LogP contribution is -3.12. The summed E-state index contributed by atoms with van der Waals surface area (Å²) in [4.78, 5) is 13.5. The third-order valence-corrected chi connectivity index (χ3v) is 3.95. The Kier molecular flexibility index (Phi) is 6.58. The van der Waals surface area contributed by atoms with Crippen molar-refractivity contribution in [3.63, 3.8) is 0 Å². The summed E-state index contributed by atoms with van der Waals surface area (Å²) in [6.07, 6.45) is 1.72. The molecular weight excluding hydrogens is 300 g/mol. The van der Waals surface area contributed by atoms with Gasteiger partial charge in [-0.3, -0.25) is 4.79 Å². The first-order chi connectivity index (χ1) is 11.6. The Labute approximate surface area is 143 Å². The van der Waals surface area contributed by atoms with Crippen molar-refractivity contribution in [2.24, 2.45) is 0 Å². The van der Waals surface area contributed by atoms with Crippen molar-refractivity contribution < 1.29 is 14.4 Å². The second kappa shape index (κ2) is 8.89. The Bertz CT molecular complexity index is 653. The van der Waals surface area contributed by atoms with Gasteiger partial charge in [-0.15, -0.1) is 0 Å². The number of rotatable bonds is 8. The molecule has 0 aliphatic heterocycles. The van der Waals surface area contributed by atoms with Crippen molar-refractivity contribution in [3.05, 3.63) is 72.8 Å². The molecule has 4 nitrogen and oxygen atoms in total. The SMILES string of the molecule is C=CCOc1ccc(C[NH+](C)[C@@H](C)C(=O)Nc2ccccc2)cc1. The number of amides is 1. The van der Waals surface area contributed by atoms with Crippen LogP contribution < -0.4 is 15.0 Å². The van der Waals surface area contributed by atoms with Gasteiger partial charge in [-0.1, -0.05) is 30.9 Å². The number of carbonyl (C=O) groups is 1. The number of para-hydroxylation sites is 1. The second-order valence-electron chi connectivity index (χ2n) is 5.84. The van der Waals surface area contributed by atoms with Crippen LogP contribution in [-0.4, -0.2) is 25.6 Å². The monoisotopic (exact) mass is 325 g/mol. The van der Waals surface area contributed by atoms with Gasteiger partial charge < -0.3 is 15.0 Å². The Morgan fingerprint density at radius 1 is 1.21 bits per heavy atom. The zero-order valence-corrected chi connectivity index (χ0v) is 14.3. The molecule has 1 unspecified atom stereocenters. The van der Waals surface area contributed by atoms with Gasteiger partial charge in [0.25, 0.3) is 5.91 Å². The summed E-state index contributed by atoms with van der Waals surface area (Å²) in [7, 11) is 2.03. The summed E-state index contributed by atoms with van der Waals surface area (Å²) in [5, 5.41) is 2.95. The van der Waals surface area contributed by atoms with Gasteiger partial charge in [-0.25, -0.2) is 0 Å². The molecule has 0 aliphatic carbocycles. The molecular formula is C20H25N2O2+. The highest BCUT2D eigenvalue weighted by molar-refractivity contribution is 5.93. The summed E-state index contributed by atoms with van der Waals surface area (Å²) < 4.78 is 5.48. The van der Waals surface area contributed by atoms with Crippen LogP contribution in [0.15, 0.2) is 67.3 Å². The minimum Gasteiger partial charge on any atom is -0.490 e. The molecule has 0 aromatic heterocycles. The second-order valence-corrected chi connectivity index (χ2v) is 5.84. The van der Waals surface area contributed by atoms with Gasteiger partial charge >= 0.3 is 0 Å². The molecule has 2 aromatic rings. The Morgan fingerprint density at radius 3 is 2.50 bits per heavy atom. The predicted molar refractivity (Wildman–Crippen MR) is 97.3 cm³/mol. The summed E-state index contributed by atoms with van der Waals surface area (Å²) in [6, 6.07) is 17.3. The smallest absolute Gasteiger partial charge is 0.282 e. The Balaban J connectivity index is 1.89. The van der Waals surface area contributed by atoms with Crippen LogP contribution in [0.5, 0.6) is 5.75 Å². The molecule has 2 aromatic carbocycles. The molecule has 4 heteroatoms. The minimum atomic E-state index is -0.151. The molecule has 0 saturated heterocycles. The molecule has 0 aliphatic rings. The van der Waals surface area contributed by atoms with E-state index in [4.69, 9.17) is 4.74 Å². The fraction of sp³-hybridized carbons (Fsp3) is 0.250. The van der Waals surface area contributed by atoms with Crippen molar-refractivity contribution >= 4 is 11.6 Å². The van der Waals surface area contributed by atoms with Crippen LogP contribution in [-0.2, 0) is 11.3 Å². The van der Waals surface area contributed by atoms with E-state index in [0.717, 1.165) is 28.4 Å². The number of hydrogen-bond donors (Lipinski definition) is 2. The normalized spacial score (nSPS) is 12.9. The van der Waals surface area contributed by atoms with E-state index in [1.807, 2.05) is 68.6 Å². The van der Waals surface area contributed by atoms with Crippen molar-refractivity contribution in [2.75, 3.05) is 19.0 Å². The van der Waals surface area contributed by atoms with E-state index in [0.29, 0.717) is 6.61 Å². The molecule has 0 heterocycles. The van der Waals surface area contributed by atoms with Crippen molar-refractivity contribution in [1.82, 2.24) is 0 Å². The molecule has 2 atom stereocenters. The highest BCUT2D eigenvalue weighted by Gasteiger charge is 2.21. The fourth-order valence-corrected chi connectivity index (χ4v) is 2.33. The fourth-order valence-electron chi connectivity index (χ4n) is 2.33. The number of likely N-dealkylation sites (N-methyl/N-ethyl adjacent to an activating group) is 1. The van der Waals surface area contributed by atoms with Crippen LogP contribution in [0, 0.1) is 0 Å². The predicted octanol–water partition coefficient (Wildman–Crippen LogP) is 2.29. The van der Waals surface area contributed by atoms with Gasteiger partial charge in [-0.05, 0) is 43.3 Å². The molecule has 0 radical (unpaired) electrons. The number of nitrogens with one attached hydrogen (secondary N) is 2. The van der Waals surface area contributed by atoms with Crippen LogP contribution in [0.1, 0.15) is 12.5 Å². The number of ether oxygens (including phenoxy) is 1. The van der Waals surface area contributed by atoms with Gasteiger partial charge in [0.05, 0.1) is 7.05 Å². The third-order valence-electron chi connectivity index (χ3n) is 3.95. The number of anilines is 1. The number of carbonyl (C=O) groups excluding carboxylic acids is 1. The topological polar surface area (TPSA) is 42.8 Å². The van der Waals surface area contributed by atoms with E-state index < -0.39 is 0 Å². The maximum atomic E-state index is 12.4. The van der Waals surface area contributed by atoms with Crippen LogP contribution in [0.3, 0.4) is 0 Å². The number of hydrogen-bond acceptors (Lipinski definition) is 2. The van der Waals surface area contributed by atoms with Gasteiger partial charge in [0.1, 0.15) is 18.9 Å².